The van der Waals surface area contributed by atoms with Crippen LogP contribution in [0, 0.1) is 11.3 Å². The van der Waals surface area contributed by atoms with Crippen LogP contribution >= 0.6 is 0 Å². The van der Waals surface area contributed by atoms with Gasteiger partial charge in [0, 0.05) is 6.42 Å². The van der Waals surface area contributed by atoms with Gasteiger partial charge in [0.1, 0.15) is 11.2 Å². The van der Waals surface area contributed by atoms with E-state index in [9.17, 15) is 9.59 Å². The summed E-state index contributed by atoms with van der Waals surface area (Å²) >= 11 is 0. The summed E-state index contributed by atoms with van der Waals surface area (Å²) < 4.78 is 5.50. The summed E-state index contributed by atoms with van der Waals surface area (Å²) in [5.74, 6) is -0.191. The zero-order chi connectivity index (χ0) is 25.4. The minimum Gasteiger partial charge on any atom is -0.459 e. The van der Waals surface area contributed by atoms with Gasteiger partial charge in [0.05, 0.1) is 5.92 Å². The molecule has 0 saturated carbocycles. The molecule has 0 aliphatic carbocycles. The first-order valence-electron chi connectivity index (χ1n) is 12.7. The molecule has 0 radical (unpaired) electrons. The minimum absolute atomic E-state index is 0.0159. The maximum Gasteiger partial charge on any atom is 0.342 e. The molecule has 0 rings (SSSR count). The van der Waals surface area contributed by atoms with Crippen LogP contribution in [0.1, 0.15) is 140 Å². The van der Waals surface area contributed by atoms with Crippen molar-refractivity contribution in [2.75, 3.05) is 0 Å². The van der Waals surface area contributed by atoms with E-state index in [4.69, 9.17) is 14.5 Å². The Bertz CT molecular complexity index is 497. The van der Waals surface area contributed by atoms with Crippen LogP contribution in [0.4, 0.5) is 0 Å². The Morgan fingerprint density at radius 2 is 1.41 bits per heavy atom. The second-order valence-corrected chi connectivity index (χ2v) is 11.6. The van der Waals surface area contributed by atoms with E-state index in [1.54, 1.807) is 0 Å². The topological polar surface area (TPSA) is 61.8 Å². The first-order valence-corrected chi connectivity index (χ1v) is 12.7. The van der Waals surface area contributed by atoms with Crippen molar-refractivity contribution >= 4 is 11.9 Å². The highest BCUT2D eigenvalue weighted by Crippen LogP contribution is 2.22. The number of hydrogen-bond donors (Lipinski definition) is 0. The summed E-state index contributed by atoms with van der Waals surface area (Å²) in [6, 6.07) is 0. The van der Waals surface area contributed by atoms with Gasteiger partial charge in [0.2, 0.25) is 0 Å². The lowest BCUT2D eigenvalue weighted by Crippen LogP contribution is -2.30. The molecule has 1 atom stereocenters. The maximum atomic E-state index is 11.8. The Balaban J connectivity index is 0. The summed E-state index contributed by atoms with van der Waals surface area (Å²) in [5.41, 5.74) is -0.353. The Kier molecular flexibility index (Phi) is 17.1. The zero-order valence-electron chi connectivity index (χ0n) is 23.2. The average Bonchev–Trinajstić information content (AvgIpc) is 2.65. The quantitative estimate of drug-likeness (QED) is 0.120. The molecule has 32 heavy (non-hydrogen) atoms. The number of unbranched alkanes of at least 4 members (excludes halogenated alkanes) is 3. The van der Waals surface area contributed by atoms with Crippen LogP contribution in [0.2, 0.25) is 0 Å². The van der Waals surface area contributed by atoms with Crippen LogP contribution in [-0.4, -0.2) is 23.1 Å². The molecule has 0 aromatic rings. The Morgan fingerprint density at radius 3 is 1.84 bits per heavy atom. The largest absolute Gasteiger partial charge is 0.459 e. The summed E-state index contributed by atoms with van der Waals surface area (Å²) in [4.78, 5) is 32.8. The van der Waals surface area contributed by atoms with E-state index in [2.05, 4.69) is 34.6 Å². The molecule has 0 aromatic heterocycles. The standard InChI is InChI=1S/C14H28O3.C13H26O2/c1-13(2,3)11-9-7-8-10-12(15)16-17-14(4,5)6;1-6-9-10-11(7-2)12(14)15-13(4,5)8-3/h7-11H2,1-6H3;11H,6-10H2,1-5H3. The van der Waals surface area contributed by atoms with Crippen molar-refractivity contribution in [2.45, 2.75) is 152 Å². The second-order valence-electron chi connectivity index (χ2n) is 11.6. The molecule has 5 heteroatoms. The normalized spacial score (nSPS) is 13.1. The third-order valence-electron chi connectivity index (χ3n) is 5.15. The van der Waals surface area contributed by atoms with Gasteiger partial charge in [-0.05, 0) is 72.1 Å². The molecular weight excluding hydrogens is 404 g/mol. The van der Waals surface area contributed by atoms with Crippen molar-refractivity contribution < 1.29 is 24.1 Å². The number of hydrogen-bond acceptors (Lipinski definition) is 5. The van der Waals surface area contributed by atoms with Crippen molar-refractivity contribution in [3.8, 4) is 0 Å². The molecule has 0 aliphatic heterocycles. The van der Waals surface area contributed by atoms with Gasteiger partial charge in [-0.3, -0.25) is 9.68 Å². The number of rotatable bonds is 13. The predicted octanol–water partition coefficient (Wildman–Crippen LogP) is 8.19. The van der Waals surface area contributed by atoms with Gasteiger partial charge in [-0.25, -0.2) is 4.79 Å². The fourth-order valence-electron chi connectivity index (χ4n) is 2.68. The van der Waals surface area contributed by atoms with Gasteiger partial charge >= 0.3 is 11.9 Å². The summed E-state index contributed by atoms with van der Waals surface area (Å²) in [5, 5.41) is 0. The predicted molar refractivity (Wildman–Crippen MR) is 133 cm³/mol. The van der Waals surface area contributed by atoms with E-state index in [0.29, 0.717) is 11.8 Å². The molecule has 0 aliphatic rings. The van der Waals surface area contributed by atoms with E-state index in [1.807, 2.05) is 41.5 Å². The molecular formula is C27H54O5. The van der Waals surface area contributed by atoms with Gasteiger partial charge in [-0.2, -0.15) is 4.89 Å². The summed E-state index contributed by atoms with van der Waals surface area (Å²) in [6.07, 6.45) is 9.72. The highest BCUT2D eigenvalue weighted by atomic mass is 17.2. The van der Waals surface area contributed by atoms with E-state index < -0.39 is 5.60 Å². The molecule has 192 valence electrons. The SMILES string of the molecule is CC(C)(C)CCCCCC(=O)OOC(C)(C)C.CCCCC(CC)C(=O)OC(C)(C)CC. The third kappa shape index (κ3) is 22.1. The van der Waals surface area contributed by atoms with Crippen LogP contribution in [0.15, 0.2) is 0 Å². The fourth-order valence-corrected chi connectivity index (χ4v) is 2.68. The lowest BCUT2D eigenvalue weighted by atomic mass is 9.89. The number of esters is 1. The molecule has 0 saturated heterocycles. The molecule has 5 nitrogen and oxygen atoms in total. The maximum absolute atomic E-state index is 11.8. The van der Waals surface area contributed by atoms with Crippen LogP contribution < -0.4 is 0 Å². The van der Waals surface area contributed by atoms with Gasteiger partial charge in [0.25, 0.3) is 0 Å². The fraction of sp³-hybridized carbons (Fsp3) is 0.926. The number of carbonyl (C=O) groups is 2. The molecule has 0 bridgehead atoms. The van der Waals surface area contributed by atoms with Crippen LogP contribution in [0.25, 0.3) is 0 Å². The molecule has 0 N–H and O–H groups in total. The average molecular weight is 459 g/mol. The Morgan fingerprint density at radius 1 is 0.812 bits per heavy atom. The van der Waals surface area contributed by atoms with E-state index >= 15 is 0 Å². The van der Waals surface area contributed by atoms with Crippen molar-refractivity contribution in [2.24, 2.45) is 11.3 Å². The van der Waals surface area contributed by atoms with Gasteiger partial charge in [-0.15, -0.1) is 0 Å². The number of carbonyl (C=O) groups excluding carboxylic acids is 2. The lowest BCUT2D eigenvalue weighted by molar-refractivity contribution is -0.320. The first kappa shape index (κ1) is 33.1. The Hall–Kier alpha value is -1.10. The van der Waals surface area contributed by atoms with Crippen molar-refractivity contribution in [3.05, 3.63) is 0 Å². The highest BCUT2D eigenvalue weighted by molar-refractivity contribution is 5.72. The monoisotopic (exact) mass is 458 g/mol. The van der Waals surface area contributed by atoms with Crippen LogP contribution in [-0.2, 0) is 24.1 Å². The van der Waals surface area contributed by atoms with Crippen molar-refractivity contribution in [1.29, 1.82) is 0 Å². The summed E-state index contributed by atoms with van der Waals surface area (Å²) in [6.45, 7) is 22.4. The second kappa shape index (κ2) is 16.5. The Labute approximate surface area is 199 Å². The van der Waals surface area contributed by atoms with E-state index in [-0.39, 0.29) is 23.5 Å². The van der Waals surface area contributed by atoms with Crippen molar-refractivity contribution in [3.63, 3.8) is 0 Å². The van der Waals surface area contributed by atoms with E-state index in [1.165, 1.54) is 6.42 Å². The molecule has 0 heterocycles. The highest BCUT2D eigenvalue weighted by Gasteiger charge is 2.25. The molecule has 0 spiro atoms. The van der Waals surface area contributed by atoms with Crippen molar-refractivity contribution in [1.82, 2.24) is 0 Å². The van der Waals surface area contributed by atoms with Gasteiger partial charge < -0.3 is 4.74 Å². The molecule has 0 fully saturated rings. The minimum atomic E-state index is -0.429. The summed E-state index contributed by atoms with van der Waals surface area (Å²) in [7, 11) is 0. The molecule has 0 aromatic carbocycles. The van der Waals surface area contributed by atoms with Gasteiger partial charge in [0.15, 0.2) is 0 Å². The first-order chi connectivity index (χ1) is 14.6. The van der Waals surface area contributed by atoms with Gasteiger partial charge in [-0.1, -0.05) is 67.2 Å². The van der Waals surface area contributed by atoms with Crippen LogP contribution in [0.5, 0.6) is 0 Å². The number of ether oxygens (including phenoxy) is 1. The van der Waals surface area contributed by atoms with E-state index in [0.717, 1.165) is 51.4 Å². The lowest BCUT2D eigenvalue weighted by Gasteiger charge is -2.26. The molecule has 0 amide bonds. The third-order valence-corrected chi connectivity index (χ3v) is 5.15. The smallest absolute Gasteiger partial charge is 0.342 e. The zero-order valence-corrected chi connectivity index (χ0v) is 23.2. The van der Waals surface area contributed by atoms with Crippen LogP contribution in [0.3, 0.4) is 0 Å². The molecule has 1 unspecified atom stereocenters.